The fraction of sp³-hybridized carbons (Fsp3) is 0.120. The highest BCUT2D eigenvalue weighted by Crippen LogP contribution is 2.37. The second-order valence-corrected chi connectivity index (χ2v) is 7.05. The maximum Gasteiger partial charge on any atom is 0.292 e. The zero-order valence-electron chi connectivity index (χ0n) is 17.7. The molecule has 0 aliphatic heterocycles. The van der Waals surface area contributed by atoms with E-state index in [1.54, 1.807) is 37.4 Å². The number of fused-ring (bicyclic) bond motifs is 1. The molecule has 0 fully saturated rings. The Balaban J connectivity index is 1.64. The minimum atomic E-state index is -0.379. The average Bonchev–Trinajstić information content (AvgIpc) is 3.20. The first-order valence-electron chi connectivity index (χ1n) is 9.95. The number of hydrogen-bond donors (Lipinski definition) is 2. The maximum absolute atomic E-state index is 13.2. The van der Waals surface area contributed by atoms with E-state index in [4.69, 9.17) is 13.9 Å². The molecule has 3 aromatic carbocycles. The Labute approximate surface area is 184 Å². The van der Waals surface area contributed by atoms with Gasteiger partial charge in [0.05, 0.1) is 7.11 Å². The van der Waals surface area contributed by atoms with Crippen LogP contribution in [0.25, 0.3) is 22.1 Å². The number of rotatable bonds is 7. The van der Waals surface area contributed by atoms with Crippen molar-refractivity contribution in [2.24, 2.45) is 0 Å². The average molecular weight is 430 g/mol. The number of carbonyl (C=O) groups is 2. The minimum Gasteiger partial charge on any atom is -0.497 e. The van der Waals surface area contributed by atoms with Crippen LogP contribution in [0.1, 0.15) is 10.6 Å². The van der Waals surface area contributed by atoms with Crippen LogP contribution in [0.4, 0.5) is 11.4 Å². The Morgan fingerprint density at radius 3 is 2.22 bits per heavy atom. The summed E-state index contributed by atoms with van der Waals surface area (Å²) in [7, 11) is 3.03. The SMILES string of the molecule is COCC(=O)Nc1ccc(NC(=O)c2oc3cc(OC)ccc3c2-c2ccccc2)cc1. The van der Waals surface area contributed by atoms with Gasteiger partial charge in [-0.1, -0.05) is 30.3 Å². The van der Waals surface area contributed by atoms with Gasteiger partial charge in [-0.25, -0.2) is 0 Å². The lowest BCUT2D eigenvalue weighted by Gasteiger charge is -2.08. The highest BCUT2D eigenvalue weighted by atomic mass is 16.5. The highest BCUT2D eigenvalue weighted by Gasteiger charge is 2.22. The van der Waals surface area contributed by atoms with Crippen molar-refractivity contribution in [2.45, 2.75) is 0 Å². The van der Waals surface area contributed by atoms with E-state index in [1.165, 1.54) is 7.11 Å². The Morgan fingerprint density at radius 2 is 1.56 bits per heavy atom. The van der Waals surface area contributed by atoms with Gasteiger partial charge in [-0.05, 0) is 42.0 Å². The predicted octanol–water partition coefficient (Wildman–Crippen LogP) is 4.95. The lowest BCUT2D eigenvalue weighted by molar-refractivity contribution is -0.119. The second kappa shape index (κ2) is 9.36. The van der Waals surface area contributed by atoms with E-state index >= 15 is 0 Å². The minimum absolute atomic E-state index is 0.0302. The Bertz CT molecular complexity index is 1250. The molecule has 162 valence electrons. The summed E-state index contributed by atoms with van der Waals surface area (Å²) in [6, 6.07) is 21.9. The van der Waals surface area contributed by atoms with E-state index in [1.807, 2.05) is 42.5 Å². The monoisotopic (exact) mass is 430 g/mol. The molecule has 1 aromatic heterocycles. The number of ether oxygens (including phenoxy) is 2. The van der Waals surface area contributed by atoms with Crippen molar-refractivity contribution in [1.29, 1.82) is 0 Å². The van der Waals surface area contributed by atoms with Crippen molar-refractivity contribution in [3.05, 3.63) is 78.6 Å². The smallest absolute Gasteiger partial charge is 0.292 e. The molecule has 7 heteroatoms. The van der Waals surface area contributed by atoms with E-state index in [2.05, 4.69) is 10.6 Å². The maximum atomic E-state index is 13.2. The summed E-state index contributed by atoms with van der Waals surface area (Å²) < 4.78 is 16.1. The molecule has 4 rings (SSSR count). The number of carbonyl (C=O) groups excluding carboxylic acids is 2. The summed E-state index contributed by atoms with van der Waals surface area (Å²) in [6.45, 7) is -0.0302. The van der Waals surface area contributed by atoms with Gasteiger partial charge in [0.25, 0.3) is 5.91 Å². The molecule has 32 heavy (non-hydrogen) atoms. The molecule has 2 amide bonds. The predicted molar refractivity (Wildman–Crippen MR) is 123 cm³/mol. The summed E-state index contributed by atoms with van der Waals surface area (Å²) >= 11 is 0. The summed E-state index contributed by atoms with van der Waals surface area (Å²) in [6.07, 6.45) is 0. The Kier molecular flexibility index (Phi) is 6.19. The van der Waals surface area contributed by atoms with Crippen molar-refractivity contribution >= 4 is 34.2 Å². The third-order valence-electron chi connectivity index (χ3n) is 4.87. The van der Waals surface area contributed by atoms with Crippen LogP contribution in [0.5, 0.6) is 5.75 Å². The molecule has 0 aliphatic rings. The first kappa shape index (κ1) is 21.1. The van der Waals surface area contributed by atoms with Crippen molar-refractivity contribution in [3.63, 3.8) is 0 Å². The van der Waals surface area contributed by atoms with Crippen LogP contribution in [0.3, 0.4) is 0 Å². The summed E-state index contributed by atoms with van der Waals surface area (Å²) in [5.74, 6) is 0.213. The largest absolute Gasteiger partial charge is 0.497 e. The molecule has 1 heterocycles. The van der Waals surface area contributed by atoms with Gasteiger partial charge in [-0.15, -0.1) is 0 Å². The lowest BCUT2D eigenvalue weighted by Crippen LogP contribution is -2.17. The molecule has 0 aliphatic carbocycles. The molecule has 0 atom stereocenters. The molecule has 4 aromatic rings. The number of amides is 2. The number of nitrogens with one attached hydrogen (secondary N) is 2. The third kappa shape index (κ3) is 4.48. The van der Waals surface area contributed by atoms with Crippen LogP contribution in [0.15, 0.2) is 77.2 Å². The zero-order chi connectivity index (χ0) is 22.5. The fourth-order valence-electron chi connectivity index (χ4n) is 3.41. The van der Waals surface area contributed by atoms with Gasteiger partial charge in [0.1, 0.15) is 17.9 Å². The first-order valence-corrected chi connectivity index (χ1v) is 9.95. The van der Waals surface area contributed by atoms with Crippen LogP contribution < -0.4 is 15.4 Å². The quantitative estimate of drug-likeness (QED) is 0.433. The number of hydrogen-bond acceptors (Lipinski definition) is 5. The standard InChI is InChI=1S/C25H22N2O5/c1-30-15-22(28)26-17-8-10-18(11-9-17)27-25(29)24-23(16-6-4-3-5-7-16)20-13-12-19(31-2)14-21(20)32-24/h3-14H,15H2,1-2H3,(H,26,28)(H,27,29). The topological polar surface area (TPSA) is 89.8 Å². The fourth-order valence-corrected chi connectivity index (χ4v) is 3.41. The molecule has 2 N–H and O–H groups in total. The summed E-state index contributed by atoms with van der Waals surface area (Å²) in [5.41, 5.74) is 3.31. The van der Waals surface area contributed by atoms with E-state index in [0.717, 1.165) is 10.9 Å². The van der Waals surface area contributed by atoms with Gasteiger partial charge in [-0.2, -0.15) is 0 Å². The van der Waals surface area contributed by atoms with E-state index in [-0.39, 0.29) is 24.2 Å². The zero-order valence-corrected chi connectivity index (χ0v) is 17.7. The molecule has 0 unspecified atom stereocenters. The molecule has 0 bridgehead atoms. The lowest BCUT2D eigenvalue weighted by atomic mass is 10.0. The normalized spacial score (nSPS) is 10.7. The van der Waals surface area contributed by atoms with Crippen LogP contribution in [-0.2, 0) is 9.53 Å². The van der Waals surface area contributed by atoms with Gasteiger partial charge in [0.15, 0.2) is 0 Å². The number of furan rings is 1. The molecular formula is C25H22N2O5. The second-order valence-electron chi connectivity index (χ2n) is 7.05. The summed E-state index contributed by atoms with van der Waals surface area (Å²) in [5, 5.41) is 6.39. The van der Waals surface area contributed by atoms with Crippen LogP contribution in [0, 0.1) is 0 Å². The van der Waals surface area contributed by atoms with Gasteiger partial charge in [-0.3, -0.25) is 9.59 Å². The highest BCUT2D eigenvalue weighted by molar-refractivity contribution is 6.12. The molecule has 0 radical (unpaired) electrons. The van der Waals surface area contributed by atoms with Gasteiger partial charge >= 0.3 is 0 Å². The Hall–Kier alpha value is -4.10. The number of benzene rings is 3. The van der Waals surface area contributed by atoms with Crippen molar-refractivity contribution in [3.8, 4) is 16.9 Å². The van der Waals surface area contributed by atoms with Crippen molar-refractivity contribution < 1.29 is 23.5 Å². The van der Waals surface area contributed by atoms with Crippen LogP contribution in [-0.4, -0.2) is 32.6 Å². The Morgan fingerprint density at radius 1 is 0.875 bits per heavy atom. The molecule has 0 spiro atoms. The molecule has 0 saturated carbocycles. The van der Waals surface area contributed by atoms with Gasteiger partial charge in [0.2, 0.25) is 11.7 Å². The number of methoxy groups -OCH3 is 2. The van der Waals surface area contributed by atoms with E-state index in [0.29, 0.717) is 28.3 Å². The molecular weight excluding hydrogens is 408 g/mol. The van der Waals surface area contributed by atoms with Crippen molar-refractivity contribution in [1.82, 2.24) is 0 Å². The van der Waals surface area contributed by atoms with E-state index < -0.39 is 0 Å². The van der Waals surface area contributed by atoms with E-state index in [9.17, 15) is 9.59 Å². The van der Waals surface area contributed by atoms with Gasteiger partial charge < -0.3 is 24.5 Å². The number of anilines is 2. The van der Waals surface area contributed by atoms with Crippen LogP contribution >= 0.6 is 0 Å². The first-order chi connectivity index (χ1) is 15.6. The molecule has 7 nitrogen and oxygen atoms in total. The summed E-state index contributed by atoms with van der Waals surface area (Å²) in [4.78, 5) is 24.8. The van der Waals surface area contributed by atoms with Crippen LogP contribution in [0.2, 0.25) is 0 Å². The van der Waals surface area contributed by atoms with Gasteiger partial charge in [0, 0.05) is 35.5 Å². The van der Waals surface area contributed by atoms with Crippen molar-refractivity contribution in [2.75, 3.05) is 31.5 Å². The molecule has 0 saturated heterocycles. The third-order valence-corrected chi connectivity index (χ3v) is 4.87.